The Morgan fingerprint density at radius 1 is 1.25 bits per heavy atom. The van der Waals surface area contributed by atoms with Crippen LogP contribution in [0.4, 0.5) is 0 Å². The molecule has 1 amide bonds. The van der Waals surface area contributed by atoms with Crippen molar-refractivity contribution in [2.75, 3.05) is 0 Å². The van der Waals surface area contributed by atoms with Crippen LogP contribution in [-0.4, -0.2) is 11.9 Å². The standard InChI is InChI=1S/C17H20N2O/c1-13-7-9-14(10-8-13)11-15(12-18)17(20)19-16-5-3-2-4-6-16/h7-11,16H,2-6H2,1H3,(H,19,20). The maximum atomic E-state index is 12.1. The largest absolute Gasteiger partial charge is 0.349 e. The maximum absolute atomic E-state index is 12.1. The van der Waals surface area contributed by atoms with Crippen LogP contribution in [0.1, 0.15) is 43.2 Å². The summed E-state index contributed by atoms with van der Waals surface area (Å²) in [6, 6.07) is 10.0. The molecule has 0 radical (unpaired) electrons. The van der Waals surface area contributed by atoms with Crippen LogP contribution in [0.3, 0.4) is 0 Å². The molecule has 0 aliphatic heterocycles. The summed E-state index contributed by atoms with van der Waals surface area (Å²) >= 11 is 0. The van der Waals surface area contributed by atoms with Gasteiger partial charge in [-0.1, -0.05) is 49.1 Å². The number of amides is 1. The van der Waals surface area contributed by atoms with Gasteiger partial charge in [0, 0.05) is 6.04 Å². The van der Waals surface area contributed by atoms with Crippen molar-refractivity contribution in [3.63, 3.8) is 0 Å². The molecule has 0 atom stereocenters. The van der Waals surface area contributed by atoms with E-state index >= 15 is 0 Å². The lowest BCUT2D eigenvalue weighted by Crippen LogP contribution is -2.36. The van der Waals surface area contributed by atoms with Gasteiger partial charge >= 0.3 is 0 Å². The van der Waals surface area contributed by atoms with Crippen molar-refractivity contribution in [1.29, 1.82) is 5.26 Å². The average Bonchev–Trinajstić information content (AvgIpc) is 2.47. The van der Waals surface area contributed by atoms with Gasteiger partial charge in [0.15, 0.2) is 0 Å². The third-order valence-electron chi connectivity index (χ3n) is 3.69. The van der Waals surface area contributed by atoms with E-state index in [0.717, 1.165) is 36.8 Å². The lowest BCUT2D eigenvalue weighted by atomic mass is 9.95. The summed E-state index contributed by atoms with van der Waals surface area (Å²) in [7, 11) is 0. The number of nitrogens with zero attached hydrogens (tertiary/aromatic N) is 1. The van der Waals surface area contributed by atoms with Crippen molar-refractivity contribution in [2.24, 2.45) is 0 Å². The molecule has 1 aliphatic carbocycles. The Bertz CT molecular complexity index is 531. The molecule has 0 saturated heterocycles. The minimum atomic E-state index is -0.250. The highest BCUT2D eigenvalue weighted by Crippen LogP contribution is 2.18. The highest BCUT2D eigenvalue weighted by atomic mass is 16.1. The number of benzene rings is 1. The third kappa shape index (κ3) is 3.96. The number of nitrogens with one attached hydrogen (secondary N) is 1. The fourth-order valence-electron chi connectivity index (χ4n) is 2.49. The van der Waals surface area contributed by atoms with Gasteiger partial charge < -0.3 is 5.32 Å². The summed E-state index contributed by atoms with van der Waals surface area (Å²) < 4.78 is 0. The highest BCUT2D eigenvalue weighted by molar-refractivity contribution is 6.01. The van der Waals surface area contributed by atoms with Crippen LogP contribution in [-0.2, 0) is 4.79 Å². The molecule has 1 aromatic carbocycles. The quantitative estimate of drug-likeness (QED) is 0.675. The van der Waals surface area contributed by atoms with Gasteiger partial charge in [-0.05, 0) is 31.4 Å². The Morgan fingerprint density at radius 3 is 2.50 bits per heavy atom. The topological polar surface area (TPSA) is 52.9 Å². The summed E-state index contributed by atoms with van der Waals surface area (Å²) in [6.07, 6.45) is 7.27. The van der Waals surface area contributed by atoms with Gasteiger partial charge in [0.1, 0.15) is 11.6 Å². The Kier molecular flexibility index (Phi) is 4.95. The predicted octanol–water partition coefficient (Wildman–Crippen LogP) is 3.35. The van der Waals surface area contributed by atoms with E-state index < -0.39 is 0 Å². The van der Waals surface area contributed by atoms with E-state index in [4.69, 9.17) is 5.26 Å². The summed E-state index contributed by atoms with van der Waals surface area (Å²) in [5, 5.41) is 12.1. The zero-order valence-corrected chi connectivity index (χ0v) is 11.9. The van der Waals surface area contributed by atoms with Crippen molar-refractivity contribution < 1.29 is 4.79 Å². The molecule has 3 heteroatoms. The second-order valence-corrected chi connectivity index (χ2v) is 5.39. The summed E-state index contributed by atoms with van der Waals surface area (Å²) in [6.45, 7) is 2.01. The molecular weight excluding hydrogens is 248 g/mol. The Balaban J connectivity index is 2.05. The minimum Gasteiger partial charge on any atom is -0.349 e. The Morgan fingerprint density at radius 2 is 1.90 bits per heavy atom. The number of hydrogen-bond donors (Lipinski definition) is 1. The Labute approximate surface area is 120 Å². The molecule has 2 rings (SSSR count). The molecule has 1 N–H and O–H groups in total. The number of nitriles is 1. The number of carbonyl (C=O) groups excluding carboxylic acids is 1. The zero-order chi connectivity index (χ0) is 14.4. The molecule has 1 fully saturated rings. The van der Waals surface area contributed by atoms with Crippen molar-refractivity contribution in [3.8, 4) is 6.07 Å². The van der Waals surface area contributed by atoms with Gasteiger partial charge in [-0.15, -0.1) is 0 Å². The number of rotatable bonds is 3. The number of hydrogen-bond acceptors (Lipinski definition) is 2. The van der Waals surface area contributed by atoms with Crippen LogP contribution in [0.2, 0.25) is 0 Å². The molecule has 0 heterocycles. The second kappa shape index (κ2) is 6.91. The summed E-state index contributed by atoms with van der Waals surface area (Å²) in [4.78, 5) is 12.1. The molecule has 20 heavy (non-hydrogen) atoms. The van der Waals surface area contributed by atoms with Crippen molar-refractivity contribution in [1.82, 2.24) is 5.32 Å². The van der Waals surface area contributed by atoms with Gasteiger partial charge in [0.05, 0.1) is 0 Å². The van der Waals surface area contributed by atoms with E-state index in [-0.39, 0.29) is 17.5 Å². The van der Waals surface area contributed by atoms with E-state index in [1.54, 1.807) is 6.08 Å². The minimum absolute atomic E-state index is 0.180. The maximum Gasteiger partial charge on any atom is 0.262 e. The molecule has 0 aromatic heterocycles. The highest BCUT2D eigenvalue weighted by Gasteiger charge is 2.17. The van der Waals surface area contributed by atoms with Crippen molar-refractivity contribution in [3.05, 3.63) is 41.0 Å². The molecule has 0 spiro atoms. The molecule has 1 saturated carbocycles. The van der Waals surface area contributed by atoms with E-state index in [1.807, 2.05) is 37.3 Å². The average molecular weight is 268 g/mol. The fraction of sp³-hybridized carbons (Fsp3) is 0.412. The summed E-state index contributed by atoms with van der Waals surface area (Å²) in [5.74, 6) is -0.250. The van der Waals surface area contributed by atoms with E-state index in [0.29, 0.717) is 0 Å². The smallest absolute Gasteiger partial charge is 0.262 e. The third-order valence-corrected chi connectivity index (χ3v) is 3.69. The SMILES string of the molecule is Cc1ccc(C=C(C#N)C(=O)NC2CCCCC2)cc1. The van der Waals surface area contributed by atoms with Gasteiger partial charge in [-0.3, -0.25) is 4.79 Å². The first-order chi connectivity index (χ1) is 9.69. The van der Waals surface area contributed by atoms with Gasteiger partial charge in [-0.25, -0.2) is 0 Å². The first-order valence-corrected chi connectivity index (χ1v) is 7.18. The van der Waals surface area contributed by atoms with Crippen LogP contribution in [0.15, 0.2) is 29.8 Å². The van der Waals surface area contributed by atoms with Crippen LogP contribution < -0.4 is 5.32 Å². The first kappa shape index (κ1) is 14.3. The lowest BCUT2D eigenvalue weighted by molar-refractivity contribution is -0.117. The molecule has 1 aromatic rings. The zero-order valence-electron chi connectivity index (χ0n) is 11.9. The molecule has 1 aliphatic rings. The molecule has 3 nitrogen and oxygen atoms in total. The van der Waals surface area contributed by atoms with Gasteiger partial charge in [0.2, 0.25) is 0 Å². The van der Waals surface area contributed by atoms with E-state index in [9.17, 15) is 4.79 Å². The second-order valence-electron chi connectivity index (χ2n) is 5.39. The van der Waals surface area contributed by atoms with Crippen LogP contribution in [0.25, 0.3) is 6.08 Å². The van der Waals surface area contributed by atoms with Gasteiger partial charge in [0.25, 0.3) is 5.91 Å². The normalized spacial score (nSPS) is 16.5. The van der Waals surface area contributed by atoms with Crippen LogP contribution >= 0.6 is 0 Å². The van der Waals surface area contributed by atoms with Crippen molar-refractivity contribution in [2.45, 2.75) is 45.1 Å². The predicted molar refractivity (Wildman–Crippen MR) is 79.8 cm³/mol. The monoisotopic (exact) mass is 268 g/mol. The number of carbonyl (C=O) groups is 1. The van der Waals surface area contributed by atoms with E-state index in [1.165, 1.54) is 6.42 Å². The summed E-state index contributed by atoms with van der Waals surface area (Å²) in [5.41, 5.74) is 2.22. The molecular formula is C17H20N2O. The Hall–Kier alpha value is -2.08. The van der Waals surface area contributed by atoms with Crippen LogP contribution in [0, 0.1) is 18.3 Å². The van der Waals surface area contributed by atoms with Gasteiger partial charge in [-0.2, -0.15) is 5.26 Å². The first-order valence-electron chi connectivity index (χ1n) is 7.18. The fourth-order valence-corrected chi connectivity index (χ4v) is 2.49. The lowest BCUT2D eigenvalue weighted by Gasteiger charge is -2.22. The van der Waals surface area contributed by atoms with E-state index in [2.05, 4.69) is 5.32 Å². The molecule has 0 bridgehead atoms. The number of aryl methyl sites for hydroxylation is 1. The van der Waals surface area contributed by atoms with Crippen molar-refractivity contribution >= 4 is 12.0 Å². The van der Waals surface area contributed by atoms with Crippen LogP contribution in [0.5, 0.6) is 0 Å². The molecule has 0 unspecified atom stereocenters. The molecule has 104 valence electrons.